The van der Waals surface area contributed by atoms with Gasteiger partial charge >= 0.3 is 0 Å². The second kappa shape index (κ2) is 4.43. The molecule has 1 rings (SSSR count). The molecule has 1 aliphatic rings. The molecule has 0 amide bonds. The highest BCUT2D eigenvalue weighted by molar-refractivity contribution is 5.59. The summed E-state index contributed by atoms with van der Waals surface area (Å²) in [6.45, 7) is 1.33. The van der Waals surface area contributed by atoms with E-state index >= 15 is 0 Å². The molecule has 1 radical (unpaired) electrons. The number of aliphatic hydroxyl groups excluding tert-OH is 1. The molecule has 1 heterocycles. The summed E-state index contributed by atoms with van der Waals surface area (Å²) in [6.07, 6.45) is 2.13. The van der Waals surface area contributed by atoms with Crippen molar-refractivity contribution in [1.82, 2.24) is 5.32 Å². The third-order valence-electron chi connectivity index (χ3n) is 1.71. The van der Waals surface area contributed by atoms with Crippen LogP contribution in [0.4, 0.5) is 0 Å². The zero-order chi connectivity index (χ0) is 8.10. The van der Waals surface area contributed by atoms with Crippen molar-refractivity contribution in [2.24, 2.45) is 0 Å². The zero-order valence-corrected chi connectivity index (χ0v) is 6.25. The van der Waals surface area contributed by atoms with E-state index < -0.39 is 0 Å². The smallest absolute Gasteiger partial charge is 0.219 e. The molecule has 0 aromatic carbocycles. The predicted molar refractivity (Wildman–Crippen MR) is 38.9 cm³/mol. The fourth-order valence-corrected chi connectivity index (χ4v) is 1.15. The summed E-state index contributed by atoms with van der Waals surface area (Å²) >= 11 is 0. The number of hydrogen-bond acceptors (Lipinski definition) is 4. The molecule has 0 spiro atoms. The summed E-state index contributed by atoms with van der Waals surface area (Å²) in [4.78, 5) is 10.3. The molecule has 63 valence electrons. The lowest BCUT2D eigenvalue weighted by molar-refractivity contribution is -0.000492. The lowest BCUT2D eigenvalue weighted by Crippen LogP contribution is -2.49. The van der Waals surface area contributed by atoms with Crippen molar-refractivity contribution in [2.75, 3.05) is 19.8 Å². The third kappa shape index (κ3) is 2.25. The molecule has 1 fully saturated rings. The quantitative estimate of drug-likeness (QED) is 0.543. The monoisotopic (exact) mass is 158 g/mol. The van der Waals surface area contributed by atoms with E-state index in [-0.39, 0.29) is 18.8 Å². The van der Waals surface area contributed by atoms with Crippen molar-refractivity contribution in [2.45, 2.75) is 18.6 Å². The molecular weight excluding hydrogens is 146 g/mol. The number of carbonyl (C=O) groups excluding carboxylic acids is 1. The predicted octanol–water partition coefficient (Wildman–Crippen LogP) is -1.16. The Bertz CT molecular complexity index is 127. The molecule has 0 saturated carbocycles. The van der Waals surface area contributed by atoms with Gasteiger partial charge < -0.3 is 15.2 Å². The average Bonchev–Trinajstić information content (AvgIpc) is 2.06. The van der Waals surface area contributed by atoms with E-state index in [4.69, 9.17) is 9.84 Å². The fraction of sp³-hybridized carbons (Fsp3) is 0.857. The SMILES string of the molecule is O=[C]C1NCCOC1CCO. The van der Waals surface area contributed by atoms with Gasteiger partial charge in [0.15, 0.2) is 0 Å². The molecule has 2 unspecified atom stereocenters. The molecule has 1 saturated heterocycles. The van der Waals surface area contributed by atoms with E-state index in [1.165, 1.54) is 0 Å². The first-order chi connectivity index (χ1) is 5.38. The molecule has 0 aliphatic carbocycles. The molecule has 1 aliphatic heterocycles. The van der Waals surface area contributed by atoms with Crippen molar-refractivity contribution in [3.8, 4) is 0 Å². The Balaban J connectivity index is 2.37. The van der Waals surface area contributed by atoms with Gasteiger partial charge in [0, 0.05) is 13.2 Å². The van der Waals surface area contributed by atoms with Gasteiger partial charge in [-0.3, -0.25) is 4.79 Å². The number of hydrogen-bond donors (Lipinski definition) is 2. The van der Waals surface area contributed by atoms with Crippen molar-refractivity contribution in [3.05, 3.63) is 0 Å². The summed E-state index contributed by atoms with van der Waals surface area (Å²) in [5.41, 5.74) is 0. The number of aliphatic hydroxyl groups is 1. The van der Waals surface area contributed by atoms with Gasteiger partial charge in [-0.05, 0) is 6.42 Å². The van der Waals surface area contributed by atoms with Crippen LogP contribution in [-0.4, -0.2) is 43.3 Å². The van der Waals surface area contributed by atoms with E-state index in [9.17, 15) is 4.79 Å². The van der Waals surface area contributed by atoms with E-state index in [0.717, 1.165) is 0 Å². The average molecular weight is 158 g/mol. The summed E-state index contributed by atoms with van der Waals surface area (Å²) in [5, 5.41) is 11.5. The Hall–Kier alpha value is -0.450. The molecule has 0 bridgehead atoms. The lowest BCUT2D eigenvalue weighted by Gasteiger charge is -2.27. The Morgan fingerprint density at radius 1 is 1.73 bits per heavy atom. The Morgan fingerprint density at radius 2 is 2.55 bits per heavy atom. The number of rotatable bonds is 3. The zero-order valence-electron chi connectivity index (χ0n) is 6.25. The van der Waals surface area contributed by atoms with Crippen LogP contribution in [0.25, 0.3) is 0 Å². The minimum absolute atomic E-state index is 0.0462. The Kier molecular flexibility index (Phi) is 3.48. The van der Waals surface area contributed by atoms with Gasteiger partial charge in [0.1, 0.15) is 6.04 Å². The van der Waals surface area contributed by atoms with Crippen LogP contribution in [0.3, 0.4) is 0 Å². The number of ether oxygens (including phenoxy) is 1. The van der Waals surface area contributed by atoms with E-state index in [0.29, 0.717) is 19.6 Å². The van der Waals surface area contributed by atoms with Gasteiger partial charge in [-0.2, -0.15) is 0 Å². The van der Waals surface area contributed by atoms with Crippen LogP contribution in [0.1, 0.15) is 6.42 Å². The molecule has 4 nitrogen and oxygen atoms in total. The van der Waals surface area contributed by atoms with E-state index in [1.54, 1.807) is 0 Å². The number of morpholine rings is 1. The van der Waals surface area contributed by atoms with Crippen LogP contribution in [0.5, 0.6) is 0 Å². The highest BCUT2D eigenvalue weighted by Crippen LogP contribution is 2.06. The molecule has 11 heavy (non-hydrogen) atoms. The van der Waals surface area contributed by atoms with Gasteiger partial charge in [-0.15, -0.1) is 0 Å². The van der Waals surface area contributed by atoms with Crippen molar-refractivity contribution < 1.29 is 14.6 Å². The van der Waals surface area contributed by atoms with Gasteiger partial charge in [0.05, 0.1) is 12.7 Å². The standard InChI is InChI=1S/C7H12NO3/c9-3-1-7-6(5-10)8-2-4-11-7/h6-9H,1-4H2. The molecule has 2 N–H and O–H groups in total. The highest BCUT2D eigenvalue weighted by Gasteiger charge is 2.24. The first-order valence-corrected chi connectivity index (χ1v) is 3.72. The first kappa shape index (κ1) is 8.64. The molecule has 0 aromatic heterocycles. The molecule has 2 atom stereocenters. The topological polar surface area (TPSA) is 58.6 Å². The minimum atomic E-state index is -0.365. The van der Waals surface area contributed by atoms with Crippen LogP contribution >= 0.6 is 0 Å². The lowest BCUT2D eigenvalue weighted by atomic mass is 10.1. The van der Waals surface area contributed by atoms with E-state index in [2.05, 4.69) is 5.32 Å². The highest BCUT2D eigenvalue weighted by atomic mass is 16.5. The van der Waals surface area contributed by atoms with Crippen LogP contribution in [0, 0.1) is 0 Å². The fourth-order valence-electron chi connectivity index (χ4n) is 1.15. The third-order valence-corrected chi connectivity index (χ3v) is 1.71. The van der Waals surface area contributed by atoms with Gasteiger partial charge in [-0.1, -0.05) is 0 Å². The number of nitrogens with one attached hydrogen (secondary N) is 1. The second-order valence-corrected chi connectivity index (χ2v) is 2.47. The van der Waals surface area contributed by atoms with Crippen LogP contribution in [-0.2, 0) is 9.53 Å². The largest absolute Gasteiger partial charge is 0.396 e. The maximum Gasteiger partial charge on any atom is 0.219 e. The van der Waals surface area contributed by atoms with Crippen molar-refractivity contribution in [3.63, 3.8) is 0 Å². The Morgan fingerprint density at radius 3 is 3.18 bits per heavy atom. The van der Waals surface area contributed by atoms with Crippen LogP contribution < -0.4 is 5.32 Å². The summed E-state index contributed by atoms with van der Waals surface area (Å²) < 4.78 is 5.24. The normalized spacial score (nSPS) is 31.7. The molecular formula is C7H12NO3. The maximum absolute atomic E-state index is 10.3. The molecule has 0 aromatic rings. The van der Waals surface area contributed by atoms with Crippen LogP contribution in [0.15, 0.2) is 0 Å². The Labute approximate surface area is 65.5 Å². The minimum Gasteiger partial charge on any atom is -0.396 e. The summed E-state index contributed by atoms with van der Waals surface area (Å²) in [7, 11) is 0. The second-order valence-electron chi connectivity index (χ2n) is 2.47. The molecule has 4 heteroatoms. The first-order valence-electron chi connectivity index (χ1n) is 3.72. The van der Waals surface area contributed by atoms with Crippen molar-refractivity contribution in [1.29, 1.82) is 0 Å². The summed E-state index contributed by atoms with van der Waals surface area (Å²) in [6, 6.07) is -0.365. The van der Waals surface area contributed by atoms with Gasteiger partial charge in [0.25, 0.3) is 0 Å². The van der Waals surface area contributed by atoms with Crippen molar-refractivity contribution >= 4 is 6.29 Å². The maximum atomic E-state index is 10.3. The van der Waals surface area contributed by atoms with Gasteiger partial charge in [-0.25, -0.2) is 0 Å². The van der Waals surface area contributed by atoms with Crippen LogP contribution in [0.2, 0.25) is 0 Å². The van der Waals surface area contributed by atoms with Gasteiger partial charge in [0.2, 0.25) is 6.29 Å². The van der Waals surface area contributed by atoms with E-state index in [1.807, 2.05) is 6.29 Å². The summed E-state index contributed by atoms with van der Waals surface area (Å²) in [5.74, 6) is 0.